The number of imidazole rings is 1. The van der Waals surface area contributed by atoms with E-state index in [-0.39, 0.29) is 23.7 Å². The van der Waals surface area contributed by atoms with Gasteiger partial charge in [0.05, 0.1) is 35.1 Å². The topological polar surface area (TPSA) is 117 Å². The number of aryl methyl sites for hydroxylation is 2. The molecular formula is C42H45FN10O2. The molecule has 13 heteroatoms. The van der Waals surface area contributed by atoms with Gasteiger partial charge < -0.3 is 9.80 Å². The Morgan fingerprint density at radius 1 is 0.873 bits per heavy atom. The number of imide groups is 1. The van der Waals surface area contributed by atoms with Crippen molar-refractivity contribution in [1.82, 2.24) is 39.6 Å². The Kier molecular flexibility index (Phi) is 9.47. The highest BCUT2D eigenvalue weighted by atomic mass is 19.1. The zero-order valence-corrected chi connectivity index (χ0v) is 31.1. The standard InChI is InChI=1S/C42H45FN10O2/c1-49-41-28(9-5-12-31(41)40(48-49)32-16-19-39(54)46-42(32)55)8-2-3-20-50-22-24-51(25-23-50)37-15-6-13-33(45-37)35-27-44-36-17-18-38(47-53(35)36)52-21-7-14-34(52)29-10-4-11-30(43)26-29/h4-6,9-13,15,17-18,26-27,32,34H,2-3,7-8,14,16,19-25H2,1H3,(H,46,54,55)/t32?,34-/m1/s1. The highest BCUT2D eigenvalue weighted by Gasteiger charge is 2.32. The highest BCUT2D eigenvalue weighted by Crippen LogP contribution is 2.36. The van der Waals surface area contributed by atoms with E-state index in [9.17, 15) is 14.0 Å². The molecule has 7 heterocycles. The molecule has 3 saturated heterocycles. The highest BCUT2D eigenvalue weighted by molar-refractivity contribution is 6.02. The molecule has 12 nitrogen and oxygen atoms in total. The molecule has 55 heavy (non-hydrogen) atoms. The summed E-state index contributed by atoms with van der Waals surface area (Å²) in [5, 5.41) is 13.3. The van der Waals surface area contributed by atoms with E-state index in [1.54, 1.807) is 12.1 Å². The lowest BCUT2D eigenvalue weighted by Crippen LogP contribution is -2.46. The summed E-state index contributed by atoms with van der Waals surface area (Å²) in [5.74, 6) is 0.729. The maximum atomic E-state index is 14.1. The van der Waals surface area contributed by atoms with Crippen LogP contribution in [0.1, 0.15) is 67.3 Å². The lowest BCUT2D eigenvalue weighted by atomic mass is 9.92. The van der Waals surface area contributed by atoms with Crippen molar-refractivity contribution in [3.63, 3.8) is 0 Å². The third-order valence-electron chi connectivity index (χ3n) is 11.5. The second-order valence-electron chi connectivity index (χ2n) is 15.0. The van der Waals surface area contributed by atoms with Crippen LogP contribution in [0, 0.1) is 5.82 Å². The van der Waals surface area contributed by atoms with E-state index in [4.69, 9.17) is 15.2 Å². The van der Waals surface area contributed by atoms with Gasteiger partial charge in [0, 0.05) is 51.6 Å². The molecule has 2 amide bonds. The lowest BCUT2D eigenvalue weighted by Gasteiger charge is -2.35. The zero-order valence-electron chi connectivity index (χ0n) is 31.1. The maximum Gasteiger partial charge on any atom is 0.235 e. The van der Waals surface area contributed by atoms with Crippen LogP contribution in [0.4, 0.5) is 16.0 Å². The summed E-state index contributed by atoms with van der Waals surface area (Å²) in [6.45, 7) is 5.65. The van der Waals surface area contributed by atoms with Crippen LogP contribution >= 0.6 is 0 Å². The summed E-state index contributed by atoms with van der Waals surface area (Å²) in [6.07, 6.45) is 7.74. The van der Waals surface area contributed by atoms with Gasteiger partial charge in [-0.1, -0.05) is 36.4 Å². The van der Waals surface area contributed by atoms with Gasteiger partial charge in [-0.25, -0.2) is 18.9 Å². The van der Waals surface area contributed by atoms with Crippen LogP contribution in [0.5, 0.6) is 0 Å². The number of hydrogen-bond acceptors (Lipinski definition) is 9. The number of rotatable bonds is 10. The fraction of sp³-hybridized carbons (Fsp3) is 0.381. The summed E-state index contributed by atoms with van der Waals surface area (Å²) in [7, 11) is 1.94. The average Bonchev–Trinajstić information content (AvgIpc) is 3.95. The van der Waals surface area contributed by atoms with Gasteiger partial charge in [-0.05, 0) is 92.6 Å². The van der Waals surface area contributed by atoms with Crippen LogP contribution in [0.15, 0.2) is 79.0 Å². The molecule has 3 aliphatic rings. The van der Waals surface area contributed by atoms with Crippen LogP contribution < -0.4 is 15.1 Å². The molecule has 2 atom stereocenters. The number of amides is 2. The largest absolute Gasteiger partial charge is 0.354 e. The molecule has 0 bridgehead atoms. The second-order valence-corrected chi connectivity index (χ2v) is 15.0. The molecular weight excluding hydrogens is 696 g/mol. The minimum absolute atomic E-state index is 0.0800. The molecule has 9 rings (SSSR count). The Balaban J connectivity index is 0.815. The number of aromatic nitrogens is 6. The summed E-state index contributed by atoms with van der Waals surface area (Å²) >= 11 is 0. The Bertz CT molecular complexity index is 2380. The summed E-state index contributed by atoms with van der Waals surface area (Å²) < 4.78 is 17.9. The number of nitrogens with zero attached hydrogens (tertiary/aromatic N) is 9. The first-order valence-corrected chi connectivity index (χ1v) is 19.5. The van der Waals surface area contributed by atoms with Gasteiger partial charge in [-0.15, -0.1) is 5.10 Å². The Labute approximate surface area is 319 Å². The van der Waals surface area contributed by atoms with Gasteiger partial charge in [0.1, 0.15) is 23.1 Å². The SMILES string of the molecule is Cn1nc(C2CCC(=O)NC2=O)c2cccc(CCCCN3CCN(c4cccc(-c5cnc6ccc(N7CCC[C@@H]7c7cccc(F)c7)nn56)n4)CC3)c21. The van der Waals surface area contributed by atoms with Crippen molar-refractivity contribution in [2.45, 2.75) is 56.9 Å². The second kappa shape index (κ2) is 14.9. The smallest absolute Gasteiger partial charge is 0.235 e. The summed E-state index contributed by atoms with van der Waals surface area (Å²) in [6, 6.07) is 23.4. The van der Waals surface area contributed by atoms with Crippen molar-refractivity contribution in [3.05, 3.63) is 102 Å². The number of para-hydroxylation sites is 1. The van der Waals surface area contributed by atoms with E-state index in [1.165, 1.54) is 11.6 Å². The molecule has 3 aliphatic heterocycles. The molecule has 4 aromatic heterocycles. The number of piperidine rings is 1. The van der Waals surface area contributed by atoms with Crippen molar-refractivity contribution in [3.8, 4) is 11.4 Å². The predicted octanol–water partition coefficient (Wildman–Crippen LogP) is 5.82. The minimum atomic E-state index is -0.396. The van der Waals surface area contributed by atoms with Gasteiger partial charge in [-0.2, -0.15) is 5.10 Å². The quantitative estimate of drug-likeness (QED) is 0.137. The van der Waals surface area contributed by atoms with Crippen molar-refractivity contribution in [1.29, 1.82) is 0 Å². The van der Waals surface area contributed by atoms with Crippen LogP contribution in [0.25, 0.3) is 27.9 Å². The number of nitrogens with one attached hydrogen (secondary N) is 1. The van der Waals surface area contributed by atoms with Gasteiger partial charge in [-0.3, -0.25) is 24.5 Å². The maximum absolute atomic E-state index is 14.1. The first kappa shape index (κ1) is 35.0. The molecule has 2 aromatic carbocycles. The van der Waals surface area contributed by atoms with Crippen molar-refractivity contribution in [2.24, 2.45) is 7.05 Å². The fourth-order valence-corrected chi connectivity index (χ4v) is 8.75. The number of piperazine rings is 1. The van der Waals surface area contributed by atoms with Gasteiger partial charge in [0.25, 0.3) is 0 Å². The number of benzene rings is 2. The normalized spacial score (nSPS) is 19.5. The number of anilines is 2. The van der Waals surface area contributed by atoms with Crippen molar-refractivity contribution in [2.75, 3.05) is 49.1 Å². The molecule has 0 saturated carbocycles. The van der Waals surface area contributed by atoms with Crippen molar-refractivity contribution < 1.29 is 14.0 Å². The van der Waals surface area contributed by atoms with E-state index >= 15 is 0 Å². The third kappa shape index (κ3) is 6.93. The Morgan fingerprint density at radius 2 is 1.73 bits per heavy atom. The van der Waals surface area contributed by atoms with E-state index in [0.29, 0.717) is 12.8 Å². The first-order chi connectivity index (χ1) is 26.9. The van der Waals surface area contributed by atoms with E-state index in [0.717, 1.165) is 122 Å². The van der Waals surface area contributed by atoms with E-state index < -0.39 is 5.92 Å². The number of fused-ring (bicyclic) bond motifs is 2. The first-order valence-electron chi connectivity index (χ1n) is 19.5. The number of unbranched alkanes of at least 4 members (excludes halogenated alkanes) is 1. The monoisotopic (exact) mass is 740 g/mol. The molecule has 6 aromatic rings. The van der Waals surface area contributed by atoms with Crippen LogP contribution in [0.3, 0.4) is 0 Å². The Morgan fingerprint density at radius 3 is 2.58 bits per heavy atom. The van der Waals surface area contributed by atoms with Crippen LogP contribution in [0.2, 0.25) is 0 Å². The summed E-state index contributed by atoms with van der Waals surface area (Å²) in [4.78, 5) is 41.2. The van der Waals surface area contributed by atoms with Crippen LogP contribution in [-0.4, -0.2) is 85.3 Å². The van der Waals surface area contributed by atoms with Gasteiger partial charge in [0.15, 0.2) is 5.65 Å². The summed E-state index contributed by atoms with van der Waals surface area (Å²) in [5.41, 5.74) is 6.48. The number of pyridine rings is 1. The molecule has 1 N–H and O–H groups in total. The van der Waals surface area contributed by atoms with Gasteiger partial charge in [0.2, 0.25) is 11.8 Å². The number of carbonyl (C=O) groups is 2. The molecule has 282 valence electrons. The molecule has 1 unspecified atom stereocenters. The van der Waals surface area contributed by atoms with E-state index in [2.05, 4.69) is 49.3 Å². The lowest BCUT2D eigenvalue weighted by molar-refractivity contribution is -0.134. The number of halogens is 1. The van der Waals surface area contributed by atoms with Crippen LogP contribution in [-0.2, 0) is 23.1 Å². The molecule has 0 aliphatic carbocycles. The predicted molar refractivity (Wildman–Crippen MR) is 209 cm³/mol. The average molecular weight is 741 g/mol. The van der Waals surface area contributed by atoms with Gasteiger partial charge >= 0.3 is 0 Å². The number of carbonyl (C=O) groups excluding carboxylic acids is 2. The Hall–Kier alpha value is -5.69. The third-order valence-corrected chi connectivity index (χ3v) is 11.5. The molecule has 0 spiro atoms. The molecule has 0 radical (unpaired) electrons. The molecule has 3 fully saturated rings. The zero-order chi connectivity index (χ0) is 37.5. The van der Waals surface area contributed by atoms with Crippen molar-refractivity contribution >= 4 is 40.0 Å². The minimum Gasteiger partial charge on any atom is -0.354 e. The van der Waals surface area contributed by atoms with E-state index in [1.807, 2.05) is 52.8 Å². The number of hydrogen-bond donors (Lipinski definition) is 1. The fourth-order valence-electron chi connectivity index (χ4n) is 8.75.